The minimum atomic E-state index is -0.112. The van der Waals surface area contributed by atoms with Gasteiger partial charge in [0.25, 0.3) is 0 Å². The summed E-state index contributed by atoms with van der Waals surface area (Å²) in [4.78, 5) is 0. The fourth-order valence-corrected chi connectivity index (χ4v) is 4.41. The summed E-state index contributed by atoms with van der Waals surface area (Å²) in [5, 5.41) is 0. The van der Waals surface area contributed by atoms with Crippen LogP contribution in [0.5, 0.6) is 0 Å². The van der Waals surface area contributed by atoms with Crippen LogP contribution in [0.4, 0.5) is 4.39 Å². The molecule has 1 saturated carbocycles. The fraction of sp³-hybridized carbons (Fsp3) is 0.810. The van der Waals surface area contributed by atoms with Crippen molar-refractivity contribution in [3.05, 3.63) is 24.1 Å². The molecule has 0 aromatic heterocycles. The lowest BCUT2D eigenvalue weighted by Crippen LogP contribution is -2.40. The maximum absolute atomic E-state index is 13.1. The monoisotopic (exact) mass is 336 g/mol. The molecule has 2 fully saturated rings. The Morgan fingerprint density at radius 3 is 2.42 bits per heavy atom. The van der Waals surface area contributed by atoms with Crippen molar-refractivity contribution in [1.29, 1.82) is 0 Å². The number of ether oxygens (including phenoxy) is 2. The summed E-state index contributed by atoms with van der Waals surface area (Å²) >= 11 is 0. The Labute approximate surface area is 146 Å². The minimum absolute atomic E-state index is 0.0321. The summed E-state index contributed by atoms with van der Waals surface area (Å²) in [6, 6.07) is 0. The van der Waals surface area contributed by atoms with Crippen LogP contribution in [0.25, 0.3) is 0 Å². The molecule has 0 amide bonds. The van der Waals surface area contributed by atoms with E-state index in [0.29, 0.717) is 18.3 Å². The summed E-state index contributed by atoms with van der Waals surface area (Å²) < 4.78 is 25.2. The first kappa shape index (κ1) is 18.1. The van der Waals surface area contributed by atoms with E-state index in [1.807, 2.05) is 0 Å². The van der Waals surface area contributed by atoms with Crippen LogP contribution in [0.1, 0.15) is 64.7 Å². The van der Waals surface area contributed by atoms with Crippen molar-refractivity contribution in [3.8, 4) is 0 Å². The lowest BCUT2D eigenvalue weighted by atomic mass is 9.76. The molecule has 0 aromatic rings. The molecule has 136 valence electrons. The third kappa shape index (κ3) is 4.92. The number of rotatable bonds is 5. The Hall–Kier alpha value is -0.670. The lowest BCUT2D eigenvalue weighted by Gasteiger charge is -2.39. The molecule has 1 aliphatic heterocycles. The molecule has 1 saturated heterocycles. The zero-order valence-electron chi connectivity index (χ0n) is 15.1. The van der Waals surface area contributed by atoms with Crippen molar-refractivity contribution in [1.82, 2.24) is 0 Å². The molecule has 1 atom stereocenters. The molecule has 0 radical (unpaired) electrons. The van der Waals surface area contributed by atoms with Crippen molar-refractivity contribution in [2.75, 3.05) is 13.2 Å². The molecule has 2 nitrogen and oxygen atoms in total. The van der Waals surface area contributed by atoms with Crippen molar-refractivity contribution in [3.63, 3.8) is 0 Å². The van der Waals surface area contributed by atoms with Crippen LogP contribution in [-0.4, -0.2) is 19.5 Å². The van der Waals surface area contributed by atoms with Crippen molar-refractivity contribution < 1.29 is 13.9 Å². The number of hydrogen-bond donors (Lipinski definition) is 0. The minimum Gasteiger partial charge on any atom is -0.352 e. The van der Waals surface area contributed by atoms with E-state index in [1.165, 1.54) is 38.5 Å². The van der Waals surface area contributed by atoms with Gasteiger partial charge in [0.2, 0.25) is 0 Å². The van der Waals surface area contributed by atoms with Gasteiger partial charge in [0, 0.05) is 11.8 Å². The lowest BCUT2D eigenvalue weighted by molar-refractivity contribution is -0.233. The molecule has 0 spiro atoms. The van der Waals surface area contributed by atoms with Gasteiger partial charge in [0.1, 0.15) is 0 Å². The van der Waals surface area contributed by atoms with Gasteiger partial charge in [-0.05, 0) is 63.2 Å². The molecular weight excluding hydrogens is 303 g/mol. The molecule has 0 bridgehead atoms. The van der Waals surface area contributed by atoms with Gasteiger partial charge in [-0.1, -0.05) is 31.6 Å². The Morgan fingerprint density at radius 1 is 1.04 bits per heavy atom. The van der Waals surface area contributed by atoms with Crippen molar-refractivity contribution in [2.24, 2.45) is 23.7 Å². The fourth-order valence-electron chi connectivity index (χ4n) is 4.41. The van der Waals surface area contributed by atoms with E-state index in [9.17, 15) is 4.39 Å². The van der Waals surface area contributed by atoms with Gasteiger partial charge in [-0.25, -0.2) is 4.39 Å². The summed E-state index contributed by atoms with van der Waals surface area (Å²) in [5.41, 5.74) is 0. The SMILES string of the molecule is CCCC=CC1CCC(C2COC(C3CC=C(F)CC3)OC2)CC1. The van der Waals surface area contributed by atoms with Crippen LogP contribution in [0.2, 0.25) is 0 Å². The number of unbranched alkanes of at least 4 members (excludes halogenated alkanes) is 1. The molecule has 3 heteroatoms. The Kier molecular flexibility index (Phi) is 6.91. The van der Waals surface area contributed by atoms with Gasteiger partial charge in [-0.2, -0.15) is 0 Å². The van der Waals surface area contributed by atoms with Gasteiger partial charge < -0.3 is 9.47 Å². The number of hydrogen-bond acceptors (Lipinski definition) is 2. The smallest absolute Gasteiger partial charge is 0.160 e. The number of allylic oxidation sites excluding steroid dienone is 4. The van der Waals surface area contributed by atoms with Gasteiger partial charge in [0.05, 0.1) is 19.0 Å². The molecule has 2 aliphatic carbocycles. The van der Waals surface area contributed by atoms with E-state index in [0.717, 1.165) is 37.9 Å². The van der Waals surface area contributed by atoms with Gasteiger partial charge in [0.15, 0.2) is 6.29 Å². The first-order chi connectivity index (χ1) is 11.8. The highest BCUT2D eigenvalue weighted by Gasteiger charge is 2.34. The van der Waals surface area contributed by atoms with Crippen molar-refractivity contribution in [2.45, 2.75) is 71.0 Å². The number of halogens is 1. The van der Waals surface area contributed by atoms with E-state index >= 15 is 0 Å². The van der Waals surface area contributed by atoms with Gasteiger partial charge >= 0.3 is 0 Å². The predicted octanol–water partition coefficient (Wildman–Crippen LogP) is 5.79. The van der Waals surface area contributed by atoms with E-state index in [-0.39, 0.29) is 12.1 Å². The third-order valence-corrected chi connectivity index (χ3v) is 6.08. The van der Waals surface area contributed by atoms with E-state index in [1.54, 1.807) is 6.08 Å². The Morgan fingerprint density at radius 2 is 1.79 bits per heavy atom. The highest BCUT2D eigenvalue weighted by Crippen LogP contribution is 2.37. The zero-order chi connectivity index (χ0) is 16.8. The van der Waals surface area contributed by atoms with Crippen LogP contribution in [0.3, 0.4) is 0 Å². The first-order valence-corrected chi connectivity index (χ1v) is 10.0. The summed E-state index contributed by atoms with van der Waals surface area (Å²) in [7, 11) is 0. The van der Waals surface area contributed by atoms with Crippen LogP contribution in [-0.2, 0) is 9.47 Å². The topological polar surface area (TPSA) is 18.5 Å². The molecule has 0 aromatic carbocycles. The average molecular weight is 336 g/mol. The highest BCUT2D eigenvalue weighted by atomic mass is 19.1. The second-order valence-electron chi connectivity index (χ2n) is 7.87. The summed E-state index contributed by atoms with van der Waals surface area (Å²) in [6.07, 6.45) is 16.3. The van der Waals surface area contributed by atoms with E-state index < -0.39 is 0 Å². The standard InChI is InChI=1S/C21H33FO2/c1-2-3-4-5-16-6-8-17(9-7-16)19-14-23-21(24-15-19)18-10-12-20(22)13-11-18/h4-5,12,16-19,21H,2-3,6-11,13-15H2,1H3. The predicted molar refractivity (Wildman–Crippen MR) is 95.2 cm³/mol. The van der Waals surface area contributed by atoms with E-state index in [4.69, 9.17) is 9.47 Å². The summed E-state index contributed by atoms with van der Waals surface area (Å²) in [6.45, 7) is 3.89. The second-order valence-corrected chi connectivity index (χ2v) is 7.87. The molecule has 3 aliphatic rings. The van der Waals surface area contributed by atoms with Gasteiger partial charge in [-0.15, -0.1) is 0 Å². The second kappa shape index (κ2) is 9.15. The Balaban J connectivity index is 1.38. The molecule has 0 N–H and O–H groups in total. The zero-order valence-corrected chi connectivity index (χ0v) is 15.1. The summed E-state index contributed by atoms with van der Waals surface area (Å²) in [5.74, 6) is 2.47. The molecule has 24 heavy (non-hydrogen) atoms. The van der Waals surface area contributed by atoms with Crippen LogP contribution < -0.4 is 0 Å². The van der Waals surface area contributed by atoms with Crippen molar-refractivity contribution >= 4 is 0 Å². The maximum Gasteiger partial charge on any atom is 0.160 e. The third-order valence-electron chi connectivity index (χ3n) is 6.08. The maximum atomic E-state index is 13.1. The molecule has 3 rings (SSSR count). The average Bonchev–Trinajstić information content (AvgIpc) is 2.63. The highest BCUT2D eigenvalue weighted by molar-refractivity contribution is 4.99. The van der Waals surface area contributed by atoms with Gasteiger partial charge in [-0.3, -0.25) is 0 Å². The largest absolute Gasteiger partial charge is 0.352 e. The molecule has 1 heterocycles. The van der Waals surface area contributed by atoms with E-state index in [2.05, 4.69) is 19.1 Å². The molecule has 1 unspecified atom stereocenters. The quantitative estimate of drug-likeness (QED) is 0.591. The van der Waals surface area contributed by atoms with Crippen LogP contribution in [0.15, 0.2) is 24.1 Å². The Bertz CT molecular complexity index is 429. The van der Waals surface area contributed by atoms with Crippen LogP contribution >= 0.6 is 0 Å². The molecular formula is C21H33FO2. The first-order valence-electron chi connectivity index (χ1n) is 10.0. The van der Waals surface area contributed by atoms with Crippen LogP contribution in [0, 0.1) is 23.7 Å². The normalized spacial score (nSPS) is 38.2.